The van der Waals surface area contributed by atoms with Gasteiger partial charge in [-0.2, -0.15) is 5.10 Å². The zero-order valence-electron chi connectivity index (χ0n) is 21.3. The Labute approximate surface area is 229 Å². The molecule has 5 aromatic heterocycles. The van der Waals surface area contributed by atoms with Gasteiger partial charge in [-0.1, -0.05) is 42.5 Å². The number of hydrogen-bond donors (Lipinski definition) is 3. The van der Waals surface area contributed by atoms with E-state index in [9.17, 15) is 4.79 Å². The van der Waals surface area contributed by atoms with Crippen molar-refractivity contribution in [2.45, 2.75) is 6.42 Å². The fourth-order valence-corrected chi connectivity index (χ4v) is 4.95. The molecule has 0 spiro atoms. The Morgan fingerprint density at radius 2 is 1.68 bits per heavy atom. The monoisotopic (exact) mass is 521 g/mol. The minimum absolute atomic E-state index is 0.101. The molecule has 5 heterocycles. The number of rotatable bonds is 6. The summed E-state index contributed by atoms with van der Waals surface area (Å²) in [5.41, 5.74) is 9.50. The summed E-state index contributed by atoms with van der Waals surface area (Å²) < 4.78 is 0. The lowest BCUT2D eigenvalue weighted by Crippen LogP contribution is -2.14. The molecular formula is C32H23N7O. The van der Waals surface area contributed by atoms with Crippen LogP contribution in [0.25, 0.3) is 55.7 Å². The number of fused-ring (bicyclic) bond motifs is 2. The van der Waals surface area contributed by atoms with Crippen LogP contribution in [-0.4, -0.2) is 36.0 Å². The van der Waals surface area contributed by atoms with E-state index >= 15 is 0 Å². The Morgan fingerprint density at radius 3 is 2.55 bits per heavy atom. The van der Waals surface area contributed by atoms with Crippen molar-refractivity contribution in [3.63, 3.8) is 0 Å². The van der Waals surface area contributed by atoms with Crippen molar-refractivity contribution in [1.82, 2.24) is 30.1 Å². The third kappa shape index (κ3) is 4.48. The van der Waals surface area contributed by atoms with E-state index < -0.39 is 0 Å². The summed E-state index contributed by atoms with van der Waals surface area (Å²) in [6.07, 6.45) is 7.27. The predicted octanol–water partition coefficient (Wildman–Crippen LogP) is 6.41. The highest BCUT2D eigenvalue weighted by molar-refractivity contribution is 6.00. The minimum atomic E-state index is -0.101. The Morgan fingerprint density at radius 1 is 0.800 bits per heavy atom. The molecule has 0 fully saturated rings. The summed E-state index contributed by atoms with van der Waals surface area (Å²) >= 11 is 0. The zero-order chi connectivity index (χ0) is 26.9. The maximum Gasteiger partial charge on any atom is 0.228 e. The molecule has 3 N–H and O–H groups in total. The summed E-state index contributed by atoms with van der Waals surface area (Å²) in [5, 5.41) is 11.7. The van der Waals surface area contributed by atoms with Gasteiger partial charge in [-0.15, -0.1) is 0 Å². The van der Waals surface area contributed by atoms with E-state index in [-0.39, 0.29) is 5.91 Å². The van der Waals surface area contributed by atoms with Gasteiger partial charge in [0.2, 0.25) is 5.91 Å². The maximum atomic E-state index is 12.6. The molecule has 0 aliphatic rings. The van der Waals surface area contributed by atoms with E-state index in [1.807, 2.05) is 66.7 Å². The van der Waals surface area contributed by atoms with E-state index in [0.29, 0.717) is 12.1 Å². The smallest absolute Gasteiger partial charge is 0.228 e. The second-order valence-corrected chi connectivity index (χ2v) is 9.52. The molecule has 0 aliphatic carbocycles. The predicted molar refractivity (Wildman–Crippen MR) is 156 cm³/mol. The number of amides is 1. The molecule has 0 saturated heterocycles. The Balaban J connectivity index is 1.21. The van der Waals surface area contributed by atoms with Gasteiger partial charge < -0.3 is 10.3 Å². The normalized spacial score (nSPS) is 11.2. The van der Waals surface area contributed by atoms with Gasteiger partial charge in [0.15, 0.2) is 0 Å². The number of nitrogens with one attached hydrogen (secondary N) is 3. The van der Waals surface area contributed by atoms with E-state index in [4.69, 9.17) is 4.98 Å². The first-order valence-corrected chi connectivity index (χ1v) is 12.9. The third-order valence-electron chi connectivity index (χ3n) is 6.84. The maximum absolute atomic E-state index is 12.6. The summed E-state index contributed by atoms with van der Waals surface area (Å²) in [4.78, 5) is 29.5. The highest BCUT2D eigenvalue weighted by Crippen LogP contribution is 2.34. The number of nitrogens with zero attached hydrogens (tertiary/aromatic N) is 4. The summed E-state index contributed by atoms with van der Waals surface area (Å²) in [7, 11) is 0. The minimum Gasteiger partial charge on any atom is -0.353 e. The molecule has 8 nitrogen and oxygen atoms in total. The van der Waals surface area contributed by atoms with Crippen LogP contribution < -0.4 is 5.32 Å². The van der Waals surface area contributed by atoms with Crippen molar-refractivity contribution in [3.8, 4) is 33.8 Å². The molecule has 7 rings (SSSR count). The van der Waals surface area contributed by atoms with Crippen LogP contribution in [0.4, 0.5) is 5.69 Å². The first kappa shape index (κ1) is 23.5. The van der Waals surface area contributed by atoms with Crippen LogP contribution in [0.5, 0.6) is 0 Å². The highest BCUT2D eigenvalue weighted by Gasteiger charge is 2.16. The number of aromatic amines is 2. The van der Waals surface area contributed by atoms with Gasteiger partial charge in [0.25, 0.3) is 0 Å². The molecule has 0 bridgehead atoms. The highest BCUT2D eigenvalue weighted by atomic mass is 16.1. The second kappa shape index (κ2) is 9.92. The van der Waals surface area contributed by atoms with Crippen LogP contribution in [0.2, 0.25) is 0 Å². The number of carbonyl (C=O) groups excluding carboxylic acids is 1. The molecule has 8 heteroatoms. The zero-order valence-corrected chi connectivity index (χ0v) is 21.3. The van der Waals surface area contributed by atoms with E-state index in [2.05, 4.69) is 48.7 Å². The molecule has 0 aliphatic heterocycles. The van der Waals surface area contributed by atoms with Crippen LogP contribution in [0.15, 0.2) is 110 Å². The lowest BCUT2D eigenvalue weighted by Gasteiger charge is -2.07. The molecule has 0 unspecified atom stereocenters. The SMILES string of the molecule is O=C(Cc1ccccc1)Nc1cncc(-c2ccc3[nH]nc(-c4cc5c(-c6ccncc6)cccc5[nH]4)c3n2)c1. The van der Waals surface area contributed by atoms with Crippen molar-refractivity contribution >= 4 is 33.5 Å². The van der Waals surface area contributed by atoms with Gasteiger partial charge in [-0.3, -0.25) is 19.9 Å². The number of pyridine rings is 3. The number of H-pyrrole nitrogens is 2. The van der Waals surface area contributed by atoms with Crippen molar-refractivity contribution in [3.05, 3.63) is 115 Å². The van der Waals surface area contributed by atoms with Crippen LogP contribution >= 0.6 is 0 Å². The number of anilines is 1. The first-order valence-electron chi connectivity index (χ1n) is 12.9. The first-order chi connectivity index (χ1) is 19.7. The quantitative estimate of drug-likeness (QED) is 0.234. The molecule has 40 heavy (non-hydrogen) atoms. The molecule has 7 aromatic rings. The molecule has 0 radical (unpaired) electrons. The molecule has 0 saturated carbocycles. The summed E-state index contributed by atoms with van der Waals surface area (Å²) in [6.45, 7) is 0. The molecule has 1 amide bonds. The summed E-state index contributed by atoms with van der Waals surface area (Å²) in [6, 6.07) is 27.7. The van der Waals surface area contributed by atoms with E-state index in [1.165, 1.54) is 0 Å². The number of aromatic nitrogens is 6. The largest absolute Gasteiger partial charge is 0.353 e. The van der Waals surface area contributed by atoms with Crippen molar-refractivity contribution in [2.75, 3.05) is 5.32 Å². The average molecular weight is 522 g/mol. The molecular weight excluding hydrogens is 498 g/mol. The summed E-state index contributed by atoms with van der Waals surface area (Å²) in [5.74, 6) is -0.101. The van der Waals surface area contributed by atoms with Gasteiger partial charge in [0, 0.05) is 35.1 Å². The van der Waals surface area contributed by atoms with E-state index in [0.717, 1.165) is 61.3 Å². The van der Waals surface area contributed by atoms with Crippen LogP contribution in [-0.2, 0) is 11.2 Å². The standard InChI is InChI=1S/C32H23N7O/c40-30(15-20-5-2-1-3-6-20)35-23-16-22(18-34-19-23)26-9-10-28-31(37-26)32(39-38-28)29-17-25-24(7-4-8-27(25)36-29)21-11-13-33-14-12-21/h1-14,16-19,36H,15H2,(H,35,40)(H,38,39). The lowest BCUT2D eigenvalue weighted by atomic mass is 10.0. The molecule has 2 aromatic carbocycles. The Hall–Kier alpha value is -5.63. The fraction of sp³-hybridized carbons (Fsp3) is 0.0312. The van der Waals surface area contributed by atoms with Crippen molar-refractivity contribution in [2.24, 2.45) is 0 Å². The molecule has 192 valence electrons. The van der Waals surface area contributed by atoms with Crippen LogP contribution in [0.1, 0.15) is 5.56 Å². The average Bonchev–Trinajstić information content (AvgIpc) is 3.62. The van der Waals surface area contributed by atoms with Crippen molar-refractivity contribution < 1.29 is 4.79 Å². The van der Waals surface area contributed by atoms with Gasteiger partial charge in [-0.05, 0) is 59.2 Å². The van der Waals surface area contributed by atoms with Gasteiger partial charge >= 0.3 is 0 Å². The topological polar surface area (TPSA) is 112 Å². The van der Waals surface area contributed by atoms with Gasteiger partial charge in [0.1, 0.15) is 11.2 Å². The van der Waals surface area contributed by atoms with Gasteiger partial charge in [-0.25, -0.2) is 4.98 Å². The van der Waals surface area contributed by atoms with Crippen LogP contribution in [0.3, 0.4) is 0 Å². The number of carbonyl (C=O) groups is 1. The van der Waals surface area contributed by atoms with E-state index in [1.54, 1.807) is 24.8 Å². The van der Waals surface area contributed by atoms with Crippen LogP contribution in [0, 0.1) is 0 Å². The number of hydrogen-bond acceptors (Lipinski definition) is 5. The Kier molecular flexibility index (Phi) is 5.82. The Bertz CT molecular complexity index is 1980. The fourth-order valence-electron chi connectivity index (χ4n) is 4.95. The second-order valence-electron chi connectivity index (χ2n) is 9.52. The molecule has 0 atom stereocenters. The van der Waals surface area contributed by atoms with Crippen molar-refractivity contribution in [1.29, 1.82) is 0 Å². The lowest BCUT2D eigenvalue weighted by molar-refractivity contribution is -0.115. The van der Waals surface area contributed by atoms with Gasteiger partial charge in [0.05, 0.1) is 35.2 Å². The number of benzene rings is 2. The third-order valence-corrected chi connectivity index (χ3v) is 6.84.